The number of rotatable bonds is 6. The topological polar surface area (TPSA) is 32.3 Å². The number of nitrogens with one attached hydrogen (secondary N) is 1. The zero-order valence-corrected chi connectivity index (χ0v) is 12.5. The van der Waals surface area contributed by atoms with Crippen molar-refractivity contribution in [2.45, 2.75) is 48.3 Å². The molecule has 5 heteroatoms. The summed E-state index contributed by atoms with van der Waals surface area (Å²) in [6.07, 6.45) is 3.57. The van der Waals surface area contributed by atoms with Crippen LogP contribution in [0.1, 0.15) is 32.6 Å². The minimum absolute atomic E-state index is 0.0929. The number of aliphatic hydroxyl groups excluding tert-OH is 1. The van der Waals surface area contributed by atoms with Crippen molar-refractivity contribution >= 4 is 11.8 Å². The Balaban J connectivity index is 2.00. The third-order valence-corrected chi connectivity index (χ3v) is 5.11. The average Bonchev–Trinajstić information content (AvgIpc) is 2.85. The van der Waals surface area contributed by atoms with Crippen molar-refractivity contribution in [3.63, 3.8) is 0 Å². The molecular weight excluding hydrogens is 280 g/mol. The third-order valence-electron chi connectivity index (χ3n) is 3.80. The van der Waals surface area contributed by atoms with Crippen LogP contribution < -0.4 is 5.32 Å². The van der Waals surface area contributed by atoms with E-state index in [0.29, 0.717) is 4.90 Å². The van der Waals surface area contributed by atoms with Crippen LogP contribution in [-0.4, -0.2) is 29.0 Å². The monoisotopic (exact) mass is 301 g/mol. The molecule has 0 heterocycles. The Labute approximate surface area is 123 Å². The lowest BCUT2D eigenvalue weighted by molar-refractivity contribution is 0.165. The van der Waals surface area contributed by atoms with Gasteiger partial charge in [0, 0.05) is 15.7 Å². The molecule has 2 N–H and O–H groups in total. The first-order chi connectivity index (χ1) is 9.58. The van der Waals surface area contributed by atoms with Gasteiger partial charge in [0.05, 0.1) is 6.61 Å². The molecule has 0 spiro atoms. The van der Waals surface area contributed by atoms with E-state index in [1.54, 1.807) is 0 Å². The van der Waals surface area contributed by atoms with Crippen LogP contribution in [0, 0.1) is 11.6 Å². The molecule has 2 rings (SSSR count). The second-order valence-corrected chi connectivity index (χ2v) is 6.76. The van der Waals surface area contributed by atoms with Crippen molar-refractivity contribution in [1.82, 2.24) is 5.32 Å². The molecule has 2 atom stereocenters. The smallest absolute Gasteiger partial charge is 0.136 e. The van der Waals surface area contributed by atoms with Gasteiger partial charge >= 0.3 is 0 Å². The molecule has 0 aliphatic heterocycles. The Hall–Kier alpha value is -0.650. The maximum atomic E-state index is 13.6. The Morgan fingerprint density at radius 1 is 1.45 bits per heavy atom. The van der Waals surface area contributed by atoms with Crippen LogP contribution in [0.15, 0.2) is 23.1 Å². The molecule has 0 aromatic heterocycles. The predicted molar refractivity (Wildman–Crippen MR) is 78.0 cm³/mol. The number of halogens is 2. The van der Waals surface area contributed by atoms with Crippen molar-refractivity contribution in [2.75, 3.05) is 13.2 Å². The molecule has 0 radical (unpaired) electrons. The highest BCUT2D eigenvalue weighted by Gasteiger charge is 2.38. The molecule has 1 saturated carbocycles. The van der Waals surface area contributed by atoms with E-state index in [0.717, 1.165) is 38.3 Å². The second kappa shape index (κ2) is 6.87. The van der Waals surface area contributed by atoms with Gasteiger partial charge in [0.2, 0.25) is 0 Å². The summed E-state index contributed by atoms with van der Waals surface area (Å²) >= 11 is 1.38. The van der Waals surface area contributed by atoms with E-state index in [1.807, 2.05) is 0 Å². The number of benzene rings is 1. The molecule has 112 valence electrons. The molecule has 2 unspecified atom stereocenters. The van der Waals surface area contributed by atoms with Gasteiger partial charge in [-0.1, -0.05) is 6.92 Å². The molecule has 0 bridgehead atoms. The van der Waals surface area contributed by atoms with Gasteiger partial charge in [0.15, 0.2) is 0 Å². The van der Waals surface area contributed by atoms with E-state index in [9.17, 15) is 13.9 Å². The first-order valence-corrected chi connectivity index (χ1v) is 7.94. The lowest BCUT2D eigenvalue weighted by Crippen LogP contribution is -2.46. The van der Waals surface area contributed by atoms with E-state index in [4.69, 9.17) is 0 Å². The quantitative estimate of drug-likeness (QED) is 0.845. The molecular formula is C15H21F2NOS. The first-order valence-electron chi connectivity index (χ1n) is 7.06. The SMILES string of the molecule is CCCNC1(CO)CCC(Sc2cc(F)ccc2F)C1. The molecule has 1 aliphatic carbocycles. The summed E-state index contributed by atoms with van der Waals surface area (Å²) in [4.78, 5) is 0.360. The van der Waals surface area contributed by atoms with Crippen LogP contribution in [-0.2, 0) is 0 Å². The van der Waals surface area contributed by atoms with Crippen LogP contribution in [0.5, 0.6) is 0 Å². The van der Waals surface area contributed by atoms with Crippen molar-refractivity contribution in [2.24, 2.45) is 0 Å². The van der Waals surface area contributed by atoms with Gasteiger partial charge in [-0.05, 0) is 50.4 Å². The van der Waals surface area contributed by atoms with Crippen molar-refractivity contribution in [3.8, 4) is 0 Å². The minimum atomic E-state index is -0.413. The number of hydrogen-bond donors (Lipinski definition) is 2. The first kappa shape index (κ1) is 15.7. The van der Waals surface area contributed by atoms with E-state index in [-0.39, 0.29) is 23.2 Å². The highest BCUT2D eigenvalue weighted by molar-refractivity contribution is 8.00. The fourth-order valence-corrected chi connectivity index (χ4v) is 4.03. The summed E-state index contributed by atoms with van der Waals surface area (Å²) in [5.41, 5.74) is -0.253. The molecule has 1 aliphatic rings. The van der Waals surface area contributed by atoms with Gasteiger partial charge in [0.1, 0.15) is 11.6 Å². The fourth-order valence-electron chi connectivity index (χ4n) is 2.68. The summed E-state index contributed by atoms with van der Waals surface area (Å²) in [7, 11) is 0. The van der Waals surface area contributed by atoms with Gasteiger partial charge in [-0.15, -0.1) is 11.8 Å². The van der Waals surface area contributed by atoms with Crippen LogP contribution in [0.4, 0.5) is 8.78 Å². The summed E-state index contributed by atoms with van der Waals surface area (Å²) in [5.74, 6) is -0.788. The summed E-state index contributed by atoms with van der Waals surface area (Å²) in [6, 6.07) is 3.55. The Bertz CT molecular complexity index is 457. The molecule has 1 aromatic carbocycles. The van der Waals surface area contributed by atoms with Crippen LogP contribution in [0.3, 0.4) is 0 Å². The summed E-state index contributed by atoms with van der Waals surface area (Å²) < 4.78 is 26.8. The van der Waals surface area contributed by atoms with E-state index in [2.05, 4.69) is 12.2 Å². The molecule has 0 amide bonds. The number of aliphatic hydroxyl groups is 1. The standard InChI is InChI=1S/C15H21F2NOS/c1-2-7-18-15(10-19)6-5-12(9-15)20-14-8-11(16)3-4-13(14)17/h3-4,8,12,18-19H,2,5-7,9-10H2,1H3. The summed E-state index contributed by atoms with van der Waals surface area (Å²) in [5, 5.41) is 13.2. The average molecular weight is 301 g/mol. The summed E-state index contributed by atoms with van der Waals surface area (Å²) in [6.45, 7) is 3.04. The van der Waals surface area contributed by atoms with Crippen LogP contribution in [0.2, 0.25) is 0 Å². The molecule has 20 heavy (non-hydrogen) atoms. The molecule has 0 saturated heterocycles. The van der Waals surface area contributed by atoms with Gasteiger partial charge in [0.25, 0.3) is 0 Å². The van der Waals surface area contributed by atoms with Crippen LogP contribution >= 0.6 is 11.8 Å². The maximum absolute atomic E-state index is 13.6. The normalized spacial score (nSPS) is 26.1. The zero-order valence-electron chi connectivity index (χ0n) is 11.7. The third kappa shape index (κ3) is 3.71. The lowest BCUT2D eigenvalue weighted by atomic mass is 9.99. The Morgan fingerprint density at radius 3 is 2.95 bits per heavy atom. The maximum Gasteiger partial charge on any atom is 0.136 e. The Morgan fingerprint density at radius 2 is 2.25 bits per heavy atom. The lowest BCUT2D eigenvalue weighted by Gasteiger charge is -2.28. The minimum Gasteiger partial charge on any atom is -0.394 e. The van der Waals surface area contributed by atoms with Gasteiger partial charge < -0.3 is 10.4 Å². The van der Waals surface area contributed by atoms with Crippen molar-refractivity contribution < 1.29 is 13.9 Å². The second-order valence-electron chi connectivity index (χ2n) is 5.42. The van der Waals surface area contributed by atoms with Gasteiger partial charge in [-0.3, -0.25) is 0 Å². The van der Waals surface area contributed by atoms with Gasteiger partial charge in [-0.25, -0.2) is 8.78 Å². The molecule has 1 fully saturated rings. The van der Waals surface area contributed by atoms with E-state index in [1.165, 1.54) is 23.9 Å². The van der Waals surface area contributed by atoms with E-state index < -0.39 is 5.82 Å². The van der Waals surface area contributed by atoms with E-state index >= 15 is 0 Å². The molecule has 2 nitrogen and oxygen atoms in total. The predicted octanol–water partition coefficient (Wildman–Crippen LogP) is 3.34. The Kier molecular flexibility index (Phi) is 5.41. The highest BCUT2D eigenvalue weighted by atomic mass is 32.2. The fraction of sp³-hybridized carbons (Fsp3) is 0.600. The van der Waals surface area contributed by atoms with Crippen molar-refractivity contribution in [3.05, 3.63) is 29.8 Å². The largest absolute Gasteiger partial charge is 0.394 e. The van der Waals surface area contributed by atoms with Crippen LogP contribution in [0.25, 0.3) is 0 Å². The van der Waals surface area contributed by atoms with Gasteiger partial charge in [-0.2, -0.15) is 0 Å². The molecule has 1 aromatic rings. The zero-order chi connectivity index (χ0) is 14.6. The highest BCUT2D eigenvalue weighted by Crippen LogP contribution is 2.40. The van der Waals surface area contributed by atoms with Crippen molar-refractivity contribution in [1.29, 1.82) is 0 Å². The number of thioether (sulfide) groups is 1. The number of hydrogen-bond acceptors (Lipinski definition) is 3.